The summed E-state index contributed by atoms with van der Waals surface area (Å²) in [6.45, 7) is 5.12. The number of anilines is 4. The first-order chi connectivity index (χ1) is 16.5. The van der Waals surface area contributed by atoms with Gasteiger partial charge < -0.3 is 20.3 Å². The van der Waals surface area contributed by atoms with Gasteiger partial charge in [0.1, 0.15) is 5.82 Å². The number of carbonyl (C=O) groups is 1. The van der Waals surface area contributed by atoms with Gasteiger partial charge in [-0.2, -0.15) is 4.98 Å². The molecule has 2 N–H and O–H groups in total. The van der Waals surface area contributed by atoms with E-state index in [0.717, 1.165) is 66.9 Å². The molecule has 1 saturated heterocycles. The van der Waals surface area contributed by atoms with Crippen LogP contribution in [0.15, 0.2) is 30.3 Å². The summed E-state index contributed by atoms with van der Waals surface area (Å²) in [5.41, 5.74) is 2.94. The highest BCUT2D eigenvalue weighted by atomic mass is 16.5. The molecule has 2 aromatic rings. The van der Waals surface area contributed by atoms with Crippen molar-refractivity contribution in [2.45, 2.75) is 51.9 Å². The van der Waals surface area contributed by atoms with Gasteiger partial charge in [0, 0.05) is 42.6 Å². The van der Waals surface area contributed by atoms with Crippen LogP contribution >= 0.6 is 0 Å². The summed E-state index contributed by atoms with van der Waals surface area (Å²) in [6, 6.07) is 9.87. The minimum Gasteiger partial charge on any atom is -0.378 e. The average Bonchev–Trinajstić information content (AvgIpc) is 2.79. The largest absolute Gasteiger partial charge is 0.378 e. The van der Waals surface area contributed by atoms with Crippen LogP contribution < -0.4 is 15.5 Å². The Morgan fingerprint density at radius 3 is 2.26 bits per heavy atom. The Bertz CT molecular complexity index is 1010. The molecule has 1 aromatic carbocycles. The molecule has 4 aliphatic carbocycles. The van der Waals surface area contributed by atoms with E-state index in [1.54, 1.807) is 0 Å². The van der Waals surface area contributed by atoms with E-state index in [1.165, 1.54) is 38.5 Å². The van der Waals surface area contributed by atoms with E-state index in [4.69, 9.17) is 9.72 Å². The fourth-order valence-corrected chi connectivity index (χ4v) is 7.38. The van der Waals surface area contributed by atoms with Crippen LogP contribution in [0.2, 0.25) is 0 Å². The second-order valence-corrected chi connectivity index (χ2v) is 11.1. The standard InChI is InChI=1S/C27H35N5O2/c1-18-10-24(32-6-8-34-9-7-32)31-26(28-18)30-23-4-2-22(3-5-23)29-25(33)17-27-14-19-11-20(15-27)13-21(12-19)16-27/h2-5,10,19-21H,6-9,11-17H2,1H3,(H,29,33)(H,28,30,31). The molecule has 7 nitrogen and oxygen atoms in total. The zero-order chi connectivity index (χ0) is 23.1. The zero-order valence-corrected chi connectivity index (χ0v) is 20.1. The molecule has 0 atom stereocenters. The number of hydrogen-bond donors (Lipinski definition) is 2. The average molecular weight is 462 g/mol. The van der Waals surface area contributed by atoms with Crippen molar-refractivity contribution in [2.75, 3.05) is 41.8 Å². The molecular weight excluding hydrogens is 426 g/mol. The maximum absolute atomic E-state index is 12.9. The second kappa shape index (κ2) is 8.84. The zero-order valence-electron chi connectivity index (χ0n) is 20.1. The Balaban J connectivity index is 1.08. The van der Waals surface area contributed by atoms with Crippen LogP contribution in [0.25, 0.3) is 0 Å². The minimum atomic E-state index is 0.167. The third kappa shape index (κ3) is 4.63. The van der Waals surface area contributed by atoms with Gasteiger partial charge in [0.2, 0.25) is 11.9 Å². The number of morpholine rings is 1. The van der Waals surface area contributed by atoms with Gasteiger partial charge in [-0.3, -0.25) is 4.79 Å². The minimum absolute atomic E-state index is 0.167. The number of ether oxygens (including phenoxy) is 1. The molecule has 34 heavy (non-hydrogen) atoms. The summed E-state index contributed by atoms with van der Waals surface area (Å²) in [4.78, 5) is 24.4. The van der Waals surface area contributed by atoms with Crippen molar-refractivity contribution >= 4 is 29.0 Å². The summed E-state index contributed by atoms with van der Waals surface area (Å²) in [7, 11) is 0. The van der Waals surface area contributed by atoms with Crippen LogP contribution in [0, 0.1) is 30.1 Å². The lowest BCUT2D eigenvalue weighted by molar-refractivity contribution is -0.124. The van der Waals surface area contributed by atoms with Gasteiger partial charge in [-0.15, -0.1) is 0 Å². The van der Waals surface area contributed by atoms with Crippen molar-refractivity contribution in [2.24, 2.45) is 23.2 Å². The number of amides is 1. The van der Waals surface area contributed by atoms with Gasteiger partial charge in [-0.25, -0.2) is 4.98 Å². The summed E-state index contributed by atoms with van der Waals surface area (Å²) in [5, 5.41) is 6.47. The highest BCUT2D eigenvalue weighted by molar-refractivity contribution is 5.91. The van der Waals surface area contributed by atoms with Crippen molar-refractivity contribution < 1.29 is 9.53 Å². The van der Waals surface area contributed by atoms with Gasteiger partial charge in [-0.1, -0.05) is 0 Å². The Morgan fingerprint density at radius 1 is 1.00 bits per heavy atom. The van der Waals surface area contributed by atoms with E-state index in [2.05, 4.69) is 20.5 Å². The molecule has 7 heteroatoms. The predicted molar refractivity (Wildman–Crippen MR) is 133 cm³/mol. The maximum Gasteiger partial charge on any atom is 0.229 e. The Morgan fingerprint density at radius 2 is 1.62 bits per heavy atom. The summed E-state index contributed by atoms with van der Waals surface area (Å²) in [5.74, 6) is 4.29. The quantitative estimate of drug-likeness (QED) is 0.636. The second-order valence-electron chi connectivity index (χ2n) is 11.1. The number of aromatic nitrogens is 2. The monoisotopic (exact) mass is 461 g/mol. The third-order valence-corrected chi connectivity index (χ3v) is 8.30. The number of rotatable bonds is 6. The van der Waals surface area contributed by atoms with Gasteiger partial charge in [-0.05, 0) is 92.9 Å². The Kier molecular flexibility index (Phi) is 5.68. The molecule has 0 unspecified atom stereocenters. The van der Waals surface area contributed by atoms with E-state index in [-0.39, 0.29) is 11.3 Å². The van der Waals surface area contributed by atoms with E-state index < -0.39 is 0 Å². The molecule has 5 fully saturated rings. The van der Waals surface area contributed by atoms with Crippen LogP contribution in [0.3, 0.4) is 0 Å². The smallest absolute Gasteiger partial charge is 0.229 e. The topological polar surface area (TPSA) is 79.4 Å². The maximum atomic E-state index is 12.9. The molecule has 1 aromatic heterocycles. The predicted octanol–water partition coefficient (Wildman–Crippen LogP) is 4.91. The molecule has 4 saturated carbocycles. The van der Waals surface area contributed by atoms with E-state index in [9.17, 15) is 4.79 Å². The molecule has 5 aliphatic rings. The molecule has 2 heterocycles. The van der Waals surface area contributed by atoms with Gasteiger partial charge in [0.15, 0.2) is 0 Å². The number of nitrogens with one attached hydrogen (secondary N) is 2. The van der Waals surface area contributed by atoms with Gasteiger partial charge in [0.05, 0.1) is 13.2 Å². The fourth-order valence-electron chi connectivity index (χ4n) is 7.38. The van der Waals surface area contributed by atoms with Crippen molar-refractivity contribution in [3.8, 4) is 0 Å². The summed E-state index contributed by atoms with van der Waals surface area (Å²) < 4.78 is 5.45. The van der Waals surface area contributed by atoms with Crippen molar-refractivity contribution in [3.05, 3.63) is 36.0 Å². The number of aryl methyl sites for hydroxylation is 1. The molecule has 1 amide bonds. The molecule has 180 valence electrons. The normalized spacial score (nSPS) is 29.8. The van der Waals surface area contributed by atoms with Crippen LogP contribution in [0.4, 0.5) is 23.1 Å². The van der Waals surface area contributed by atoms with Crippen LogP contribution in [-0.2, 0) is 9.53 Å². The van der Waals surface area contributed by atoms with Crippen LogP contribution in [-0.4, -0.2) is 42.2 Å². The lowest BCUT2D eigenvalue weighted by Gasteiger charge is -2.56. The Labute approximate surface area is 201 Å². The van der Waals surface area contributed by atoms with E-state index >= 15 is 0 Å². The number of carbonyl (C=O) groups excluding carboxylic acids is 1. The summed E-state index contributed by atoms with van der Waals surface area (Å²) >= 11 is 0. The fraction of sp³-hybridized carbons (Fsp3) is 0.593. The lowest BCUT2D eigenvalue weighted by atomic mass is 9.49. The van der Waals surface area contributed by atoms with Crippen LogP contribution in [0.5, 0.6) is 0 Å². The SMILES string of the molecule is Cc1cc(N2CCOCC2)nc(Nc2ccc(NC(=O)CC34CC5CC(CC(C5)C3)C4)cc2)n1. The molecule has 1 aliphatic heterocycles. The molecule has 4 bridgehead atoms. The summed E-state index contributed by atoms with van der Waals surface area (Å²) in [6.07, 6.45) is 8.70. The van der Waals surface area contributed by atoms with Crippen molar-refractivity contribution in [1.82, 2.24) is 9.97 Å². The van der Waals surface area contributed by atoms with Gasteiger partial charge in [0.25, 0.3) is 0 Å². The highest BCUT2D eigenvalue weighted by Crippen LogP contribution is 2.61. The van der Waals surface area contributed by atoms with E-state index in [0.29, 0.717) is 12.4 Å². The van der Waals surface area contributed by atoms with Gasteiger partial charge >= 0.3 is 0 Å². The Hall–Kier alpha value is -2.67. The number of nitrogens with zero attached hydrogens (tertiary/aromatic N) is 3. The lowest BCUT2D eigenvalue weighted by Crippen LogP contribution is -2.47. The van der Waals surface area contributed by atoms with Crippen LogP contribution in [0.1, 0.15) is 50.6 Å². The first-order valence-electron chi connectivity index (χ1n) is 12.9. The van der Waals surface area contributed by atoms with E-state index in [1.807, 2.05) is 37.3 Å². The highest BCUT2D eigenvalue weighted by Gasteiger charge is 2.51. The first-order valence-corrected chi connectivity index (χ1v) is 12.9. The van der Waals surface area contributed by atoms with Crippen molar-refractivity contribution in [3.63, 3.8) is 0 Å². The first kappa shape index (κ1) is 21.8. The molecule has 0 radical (unpaired) electrons. The number of benzene rings is 1. The molecular formula is C27H35N5O2. The molecule has 0 spiro atoms. The number of hydrogen-bond acceptors (Lipinski definition) is 6. The third-order valence-electron chi connectivity index (χ3n) is 8.30. The van der Waals surface area contributed by atoms with Crippen molar-refractivity contribution in [1.29, 1.82) is 0 Å². The molecule has 7 rings (SSSR count).